The molecule has 0 unspecified atom stereocenters. The summed E-state index contributed by atoms with van der Waals surface area (Å²) >= 11 is 0. The Bertz CT molecular complexity index is 934. The Morgan fingerprint density at radius 1 is 1.20 bits per heavy atom. The van der Waals surface area contributed by atoms with Gasteiger partial charge in [0.1, 0.15) is 11.9 Å². The molecule has 1 saturated heterocycles. The highest BCUT2D eigenvalue weighted by Gasteiger charge is 2.26. The van der Waals surface area contributed by atoms with Gasteiger partial charge in [-0.1, -0.05) is 32.1 Å². The molecule has 1 fully saturated rings. The second-order valence-electron chi connectivity index (χ2n) is 7.63. The van der Waals surface area contributed by atoms with Crippen molar-refractivity contribution in [2.45, 2.75) is 44.8 Å². The molecule has 30 heavy (non-hydrogen) atoms. The molecule has 2 aromatic carbocycles. The van der Waals surface area contributed by atoms with Crippen molar-refractivity contribution < 1.29 is 28.5 Å². The number of esters is 1. The zero-order chi connectivity index (χ0) is 21.8. The summed E-state index contributed by atoms with van der Waals surface area (Å²) in [6.45, 7) is 4.13. The van der Waals surface area contributed by atoms with Crippen LogP contribution in [-0.2, 0) is 9.53 Å². The van der Waals surface area contributed by atoms with Gasteiger partial charge in [0, 0.05) is 12.0 Å². The van der Waals surface area contributed by atoms with E-state index in [2.05, 4.69) is 13.8 Å². The van der Waals surface area contributed by atoms with Gasteiger partial charge in [-0.15, -0.1) is 0 Å². The SMILES string of the molecule is COc1cc(C(C)C)c(C=C[C@H]2C[C@H](O)CC(=O)O2)c(-c2ccc(F)cc2)c1OC. The van der Waals surface area contributed by atoms with Crippen LogP contribution in [0.2, 0.25) is 0 Å². The van der Waals surface area contributed by atoms with Gasteiger partial charge >= 0.3 is 5.97 Å². The van der Waals surface area contributed by atoms with Gasteiger partial charge in [0.15, 0.2) is 11.5 Å². The summed E-state index contributed by atoms with van der Waals surface area (Å²) < 4.78 is 30.2. The molecule has 0 radical (unpaired) electrons. The lowest BCUT2D eigenvalue weighted by Crippen LogP contribution is -2.31. The van der Waals surface area contributed by atoms with Gasteiger partial charge in [-0.3, -0.25) is 4.79 Å². The van der Waals surface area contributed by atoms with Crippen molar-refractivity contribution in [1.82, 2.24) is 0 Å². The van der Waals surface area contributed by atoms with E-state index in [0.717, 1.165) is 22.3 Å². The topological polar surface area (TPSA) is 65.0 Å². The molecule has 0 amide bonds. The quantitative estimate of drug-likeness (QED) is 0.694. The summed E-state index contributed by atoms with van der Waals surface area (Å²) in [6.07, 6.45) is 2.78. The lowest BCUT2D eigenvalue weighted by molar-refractivity contribution is -0.156. The first-order valence-electron chi connectivity index (χ1n) is 9.94. The van der Waals surface area contributed by atoms with Gasteiger partial charge in [-0.05, 0) is 46.9 Å². The summed E-state index contributed by atoms with van der Waals surface area (Å²) in [7, 11) is 3.14. The Morgan fingerprint density at radius 3 is 2.47 bits per heavy atom. The van der Waals surface area contributed by atoms with Gasteiger partial charge in [-0.25, -0.2) is 4.39 Å². The minimum absolute atomic E-state index is 0.0127. The number of carbonyl (C=O) groups excluding carboxylic acids is 1. The number of rotatable bonds is 6. The summed E-state index contributed by atoms with van der Waals surface area (Å²) in [4.78, 5) is 11.7. The molecule has 5 nitrogen and oxygen atoms in total. The number of benzene rings is 2. The second kappa shape index (κ2) is 9.30. The van der Waals surface area contributed by atoms with Crippen molar-refractivity contribution in [2.24, 2.45) is 0 Å². The number of cyclic esters (lactones) is 1. The third-order valence-electron chi connectivity index (χ3n) is 5.16. The Labute approximate surface area is 176 Å². The molecule has 0 aliphatic carbocycles. The highest BCUT2D eigenvalue weighted by molar-refractivity contribution is 5.85. The average molecular weight is 414 g/mol. The number of methoxy groups -OCH3 is 2. The number of carbonyl (C=O) groups is 1. The van der Waals surface area contributed by atoms with Crippen LogP contribution in [0.25, 0.3) is 17.2 Å². The minimum Gasteiger partial charge on any atom is -0.493 e. The molecule has 0 spiro atoms. The molecule has 0 saturated carbocycles. The lowest BCUT2D eigenvalue weighted by Gasteiger charge is -2.24. The highest BCUT2D eigenvalue weighted by atomic mass is 19.1. The number of aliphatic hydroxyl groups excluding tert-OH is 1. The first-order chi connectivity index (χ1) is 14.3. The van der Waals surface area contributed by atoms with Crippen molar-refractivity contribution >= 4 is 12.0 Å². The summed E-state index contributed by atoms with van der Waals surface area (Å²) in [5, 5.41) is 9.89. The monoisotopic (exact) mass is 414 g/mol. The molecule has 1 N–H and O–H groups in total. The molecule has 1 heterocycles. The molecule has 0 aromatic heterocycles. The van der Waals surface area contributed by atoms with E-state index in [1.807, 2.05) is 12.1 Å². The van der Waals surface area contributed by atoms with Gasteiger partial charge in [0.2, 0.25) is 0 Å². The van der Waals surface area contributed by atoms with E-state index < -0.39 is 18.2 Å². The van der Waals surface area contributed by atoms with E-state index in [4.69, 9.17) is 14.2 Å². The molecule has 6 heteroatoms. The van der Waals surface area contributed by atoms with Crippen LogP contribution < -0.4 is 9.47 Å². The second-order valence-corrected chi connectivity index (χ2v) is 7.63. The van der Waals surface area contributed by atoms with Crippen LogP contribution in [0.4, 0.5) is 4.39 Å². The fourth-order valence-corrected chi connectivity index (χ4v) is 3.72. The standard InChI is InChI=1S/C24H27FO5/c1-14(2)20-13-21(28-3)24(29-4)23(15-5-7-16(25)8-6-15)19(20)10-9-18-11-17(26)12-22(27)30-18/h5-10,13-14,17-18,26H,11-12H2,1-4H3/t17-,18-/m0/s1. The van der Waals surface area contributed by atoms with Crippen molar-refractivity contribution in [1.29, 1.82) is 0 Å². The van der Waals surface area contributed by atoms with E-state index in [0.29, 0.717) is 17.9 Å². The van der Waals surface area contributed by atoms with Gasteiger partial charge in [0.05, 0.1) is 26.7 Å². The first-order valence-corrected chi connectivity index (χ1v) is 9.94. The van der Waals surface area contributed by atoms with Crippen LogP contribution in [0.1, 0.15) is 43.7 Å². The minimum atomic E-state index is -0.715. The van der Waals surface area contributed by atoms with Crippen molar-refractivity contribution in [3.05, 3.63) is 53.4 Å². The van der Waals surface area contributed by atoms with E-state index >= 15 is 0 Å². The maximum atomic E-state index is 13.6. The van der Waals surface area contributed by atoms with Crippen LogP contribution >= 0.6 is 0 Å². The van der Waals surface area contributed by atoms with Crippen molar-refractivity contribution in [3.8, 4) is 22.6 Å². The molecule has 2 atom stereocenters. The summed E-state index contributed by atoms with van der Waals surface area (Å²) in [5.41, 5.74) is 3.41. The predicted molar refractivity (Wildman–Crippen MR) is 113 cm³/mol. The Balaban J connectivity index is 2.19. The van der Waals surface area contributed by atoms with Crippen LogP contribution in [0.3, 0.4) is 0 Å². The molecular weight excluding hydrogens is 387 g/mol. The normalized spacial score (nSPS) is 19.2. The van der Waals surface area contributed by atoms with Gasteiger partial charge in [-0.2, -0.15) is 0 Å². The summed E-state index contributed by atoms with van der Waals surface area (Å²) in [5.74, 6) is 0.526. The number of hydrogen-bond acceptors (Lipinski definition) is 5. The van der Waals surface area contributed by atoms with Crippen molar-refractivity contribution in [3.63, 3.8) is 0 Å². The number of aliphatic hydroxyl groups is 1. The van der Waals surface area contributed by atoms with E-state index in [1.54, 1.807) is 32.4 Å². The highest BCUT2D eigenvalue weighted by Crippen LogP contribution is 2.45. The largest absolute Gasteiger partial charge is 0.493 e. The third kappa shape index (κ3) is 4.65. The smallest absolute Gasteiger partial charge is 0.309 e. The number of halogens is 1. The van der Waals surface area contributed by atoms with E-state index in [9.17, 15) is 14.3 Å². The van der Waals surface area contributed by atoms with E-state index in [-0.39, 0.29) is 18.2 Å². The maximum absolute atomic E-state index is 13.6. The van der Waals surface area contributed by atoms with Gasteiger partial charge in [0.25, 0.3) is 0 Å². The zero-order valence-electron chi connectivity index (χ0n) is 17.6. The number of hydrogen-bond donors (Lipinski definition) is 1. The Kier molecular flexibility index (Phi) is 6.77. The Morgan fingerprint density at radius 2 is 1.90 bits per heavy atom. The fourth-order valence-electron chi connectivity index (χ4n) is 3.72. The lowest BCUT2D eigenvalue weighted by atomic mass is 9.88. The maximum Gasteiger partial charge on any atom is 0.309 e. The first kappa shape index (κ1) is 21.8. The zero-order valence-corrected chi connectivity index (χ0v) is 17.6. The molecule has 1 aliphatic rings. The Hall–Kier alpha value is -2.86. The molecule has 1 aliphatic heterocycles. The van der Waals surface area contributed by atoms with Crippen LogP contribution in [0, 0.1) is 5.82 Å². The third-order valence-corrected chi connectivity index (χ3v) is 5.16. The van der Waals surface area contributed by atoms with Crippen LogP contribution in [0.15, 0.2) is 36.4 Å². The van der Waals surface area contributed by atoms with Crippen molar-refractivity contribution in [2.75, 3.05) is 14.2 Å². The molecule has 3 rings (SSSR count). The average Bonchev–Trinajstić information content (AvgIpc) is 2.70. The number of ether oxygens (including phenoxy) is 3. The van der Waals surface area contributed by atoms with Gasteiger partial charge < -0.3 is 19.3 Å². The fraction of sp³-hybridized carbons (Fsp3) is 0.375. The summed E-state index contributed by atoms with van der Waals surface area (Å²) in [6, 6.07) is 8.11. The van der Waals surface area contributed by atoms with Crippen LogP contribution in [-0.4, -0.2) is 37.5 Å². The molecular formula is C24H27FO5. The predicted octanol–water partition coefficient (Wildman–Crippen LogP) is 4.71. The molecule has 160 valence electrons. The van der Waals surface area contributed by atoms with E-state index in [1.165, 1.54) is 12.1 Å². The molecule has 2 aromatic rings. The van der Waals surface area contributed by atoms with Crippen LogP contribution in [0.5, 0.6) is 11.5 Å². The molecule has 0 bridgehead atoms.